The Balaban J connectivity index is 2.16. The molecule has 3 rings (SSSR count). The summed E-state index contributed by atoms with van der Waals surface area (Å²) in [6.07, 6.45) is 2.05. The van der Waals surface area contributed by atoms with Crippen LogP contribution in [0.2, 0.25) is 0 Å². The predicted octanol–water partition coefficient (Wildman–Crippen LogP) is 2.39. The molecule has 2 heterocycles. The van der Waals surface area contributed by atoms with Gasteiger partial charge in [-0.05, 0) is 50.2 Å². The fraction of sp³-hybridized carbons (Fsp3) is 0.500. The minimum atomic E-state index is -0.319. The number of piperidine rings is 1. The molecule has 1 aromatic rings. The second kappa shape index (κ2) is 4.07. The van der Waals surface area contributed by atoms with Gasteiger partial charge in [-0.2, -0.15) is 0 Å². The van der Waals surface area contributed by atoms with Gasteiger partial charge in [-0.15, -0.1) is 0 Å². The second-order valence-electron chi connectivity index (χ2n) is 5.45. The number of hydrogen-bond acceptors (Lipinski definition) is 2. The molecular weight excluding hydrogens is 292 g/mol. The fourth-order valence-corrected chi connectivity index (χ4v) is 3.75. The van der Waals surface area contributed by atoms with Gasteiger partial charge in [0, 0.05) is 23.8 Å². The second-order valence-corrected chi connectivity index (χ2v) is 6.36. The molecule has 1 fully saturated rings. The van der Waals surface area contributed by atoms with Crippen molar-refractivity contribution < 1.29 is 4.79 Å². The minimum Gasteiger partial charge on any atom is -0.314 e. The van der Waals surface area contributed by atoms with Gasteiger partial charge in [0.25, 0.3) is 0 Å². The number of hydrogen-bond donors (Lipinski definition) is 0. The number of benzene rings is 1. The van der Waals surface area contributed by atoms with E-state index in [0.29, 0.717) is 0 Å². The molecule has 0 aromatic heterocycles. The third-order valence-corrected chi connectivity index (χ3v) is 4.73. The maximum Gasteiger partial charge on any atom is 0.238 e. The first-order chi connectivity index (χ1) is 8.54. The molecule has 1 atom stereocenters. The summed E-state index contributed by atoms with van der Waals surface area (Å²) >= 11 is 3.53. The molecule has 0 aliphatic carbocycles. The summed E-state index contributed by atoms with van der Waals surface area (Å²) in [6, 6.07) is 6.17. The molecule has 0 saturated carbocycles. The zero-order valence-electron chi connectivity index (χ0n) is 10.7. The first-order valence-corrected chi connectivity index (χ1v) is 7.11. The van der Waals surface area contributed by atoms with Gasteiger partial charge in [-0.25, -0.2) is 0 Å². The van der Waals surface area contributed by atoms with Crippen molar-refractivity contribution in [2.75, 3.05) is 32.1 Å². The van der Waals surface area contributed by atoms with Crippen molar-refractivity contribution in [2.45, 2.75) is 18.3 Å². The average molecular weight is 309 g/mol. The molecular formula is C14H17BrN2O. The Bertz CT molecular complexity index is 517. The molecule has 2 aliphatic rings. The van der Waals surface area contributed by atoms with Crippen molar-refractivity contribution in [1.82, 2.24) is 4.90 Å². The number of anilines is 1. The van der Waals surface area contributed by atoms with E-state index in [2.05, 4.69) is 33.9 Å². The third kappa shape index (κ3) is 1.55. The SMILES string of the molecule is CN1CCCC2(C1)C(=O)N(C)c1ccc(Br)cc12. The quantitative estimate of drug-likeness (QED) is 0.735. The van der Waals surface area contributed by atoms with Crippen molar-refractivity contribution in [3.05, 3.63) is 28.2 Å². The van der Waals surface area contributed by atoms with E-state index in [1.54, 1.807) is 0 Å². The highest BCUT2D eigenvalue weighted by atomic mass is 79.9. The van der Waals surface area contributed by atoms with Gasteiger partial charge >= 0.3 is 0 Å². The lowest BCUT2D eigenvalue weighted by atomic mass is 9.75. The van der Waals surface area contributed by atoms with E-state index in [1.807, 2.05) is 24.1 Å². The van der Waals surface area contributed by atoms with Crippen LogP contribution in [-0.4, -0.2) is 38.0 Å². The summed E-state index contributed by atoms with van der Waals surface area (Å²) in [5, 5.41) is 0. The van der Waals surface area contributed by atoms with Gasteiger partial charge < -0.3 is 9.80 Å². The molecule has 3 nitrogen and oxygen atoms in total. The Hall–Kier alpha value is -0.870. The zero-order chi connectivity index (χ0) is 12.9. The zero-order valence-corrected chi connectivity index (χ0v) is 12.3. The number of nitrogens with zero attached hydrogens (tertiary/aromatic N) is 2. The maximum absolute atomic E-state index is 12.7. The lowest BCUT2D eigenvalue weighted by Crippen LogP contribution is -2.50. The van der Waals surface area contributed by atoms with E-state index in [1.165, 1.54) is 5.56 Å². The van der Waals surface area contributed by atoms with E-state index >= 15 is 0 Å². The Morgan fingerprint density at radius 2 is 2.11 bits per heavy atom. The molecule has 96 valence electrons. The van der Waals surface area contributed by atoms with Crippen LogP contribution in [0.3, 0.4) is 0 Å². The van der Waals surface area contributed by atoms with E-state index in [9.17, 15) is 4.79 Å². The lowest BCUT2D eigenvalue weighted by molar-refractivity contribution is -0.124. The monoisotopic (exact) mass is 308 g/mol. The Kier molecular flexibility index (Phi) is 2.75. The van der Waals surface area contributed by atoms with Crippen LogP contribution in [0.15, 0.2) is 22.7 Å². The summed E-state index contributed by atoms with van der Waals surface area (Å²) in [4.78, 5) is 16.8. The molecule has 1 aromatic carbocycles. The highest BCUT2D eigenvalue weighted by Gasteiger charge is 2.51. The Labute approximate surface area is 116 Å². The van der Waals surface area contributed by atoms with Crippen LogP contribution < -0.4 is 4.90 Å². The number of likely N-dealkylation sites (tertiary alicyclic amines) is 1. The number of fused-ring (bicyclic) bond motifs is 2. The van der Waals surface area contributed by atoms with Gasteiger partial charge in [-0.3, -0.25) is 4.79 Å². The number of likely N-dealkylation sites (N-methyl/N-ethyl adjacent to an activating group) is 2. The summed E-state index contributed by atoms with van der Waals surface area (Å²) in [7, 11) is 3.99. The van der Waals surface area contributed by atoms with E-state index in [4.69, 9.17) is 0 Å². The highest BCUT2D eigenvalue weighted by Crippen LogP contribution is 2.46. The Morgan fingerprint density at radius 1 is 1.33 bits per heavy atom. The third-order valence-electron chi connectivity index (χ3n) is 4.23. The van der Waals surface area contributed by atoms with E-state index in [-0.39, 0.29) is 11.3 Å². The molecule has 1 amide bonds. The molecule has 1 spiro atoms. The van der Waals surface area contributed by atoms with Gasteiger partial charge in [0.15, 0.2) is 0 Å². The van der Waals surface area contributed by atoms with E-state index in [0.717, 1.165) is 36.1 Å². The molecule has 1 unspecified atom stereocenters. The summed E-state index contributed by atoms with van der Waals surface area (Å²) in [5.74, 6) is 0.252. The molecule has 1 saturated heterocycles. The molecule has 18 heavy (non-hydrogen) atoms. The number of halogens is 1. The standard InChI is InChI=1S/C14H17BrN2O/c1-16-7-3-6-14(9-16)11-8-10(15)4-5-12(11)17(2)13(14)18/h4-5,8H,3,6-7,9H2,1-2H3. The molecule has 0 N–H and O–H groups in total. The van der Waals surface area contributed by atoms with Gasteiger partial charge in [0.2, 0.25) is 5.91 Å². The topological polar surface area (TPSA) is 23.6 Å². The van der Waals surface area contributed by atoms with Crippen molar-refractivity contribution in [3.63, 3.8) is 0 Å². The van der Waals surface area contributed by atoms with Crippen LogP contribution in [0.1, 0.15) is 18.4 Å². The molecule has 2 aliphatic heterocycles. The highest BCUT2D eigenvalue weighted by molar-refractivity contribution is 9.10. The fourth-order valence-electron chi connectivity index (χ4n) is 3.39. The van der Waals surface area contributed by atoms with Crippen LogP contribution in [0.4, 0.5) is 5.69 Å². The van der Waals surface area contributed by atoms with Crippen LogP contribution in [0.25, 0.3) is 0 Å². The van der Waals surface area contributed by atoms with Crippen LogP contribution in [-0.2, 0) is 10.2 Å². The summed E-state index contributed by atoms with van der Waals surface area (Å²) < 4.78 is 1.05. The Morgan fingerprint density at radius 3 is 2.83 bits per heavy atom. The predicted molar refractivity (Wildman–Crippen MR) is 76.0 cm³/mol. The first kappa shape index (κ1) is 12.2. The lowest BCUT2D eigenvalue weighted by Gasteiger charge is -2.37. The van der Waals surface area contributed by atoms with Crippen molar-refractivity contribution >= 4 is 27.5 Å². The number of carbonyl (C=O) groups excluding carboxylic acids is 1. The smallest absolute Gasteiger partial charge is 0.238 e. The normalized spacial score (nSPS) is 27.9. The van der Waals surface area contributed by atoms with Gasteiger partial charge in [0.1, 0.15) is 0 Å². The minimum absolute atomic E-state index is 0.252. The van der Waals surface area contributed by atoms with Crippen LogP contribution >= 0.6 is 15.9 Å². The van der Waals surface area contributed by atoms with Gasteiger partial charge in [-0.1, -0.05) is 15.9 Å². The average Bonchev–Trinajstić information content (AvgIpc) is 2.53. The number of amides is 1. The van der Waals surface area contributed by atoms with Crippen molar-refractivity contribution in [2.24, 2.45) is 0 Å². The first-order valence-electron chi connectivity index (χ1n) is 6.31. The largest absolute Gasteiger partial charge is 0.314 e. The molecule has 4 heteroatoms. The molecule has 0 bridgehead atoms. The van der Waals surface area contributed by atoms with Crippen molar-refractivity contribution in [1.29, 1.82) is 0 Å². The summed E-state index contributed by atoms with van der Waals surface area (Å²) in [6.45, 7) is 1.92. The number of carbonyl (C=O) groups is 1. The number of rotatable bonds is 0. The van der Waals surface area contributed by atoms with E-state index < -0.39 is 0 Å². The van der Waals surface area contributed by atoms with Gasteiger partial charge in [0.05, 0.1) is 5.41 Å². The van der Waals surface area contributed by atoms with Crippen LogP contribution in [0, 0.1) is 0 Å². The van der Waals surface area contributed by atoms with Crippen LogP contribution in [0.5, 0.6) is 0 Å². The van der Waals surface area contributed by atoms with Crippen molar-refractivity contribution in [3.8, 4) is 0 Å². The molecule has 0 radical (unpaired) electrons. The summed E-state index contributed by atoms with van der Waals surface area (Å²) in [5.41, 5.74) is 1.94. The maximum atomic E-state index is 12.7.